The Bertz CT molecular complexity index is 769. The highest BCUT2D eigenvalue weighted by molar-refractivity contribution is 7.88. The van der Waals surface area contributed by atoms with Crippen molar-refractivity contribution in [2.45, 2.75) is 6.04 Å². The summed E-state index contributed by atoms with van der Waals surface area (Å²) in [6.07, 6.45) is 4.44. The van der Waals surface area contributed by atoms with Gasteiger partial charge in [-0.15, -0.1) is 0 Å². The molecule has 23 heavy (non-hydrogen) atoms. The average Bonchev–Trinajstić information content (AvgIpc) is 2.55. The number of sulfonamides is 1. The van der Waals surface area contributed by atoms with E-state index in [1.807, 2.05) is 18.2 Å². The summed E-state index contributed by atoms with van der Waals surface area (Å²) in [5.74, 6) is 1.60. The van der Waals surface area contributed by atoms with Crippen LogP contribution in [0.15, 0.2) is 36.7 Å². The molecular formula is C14H17N5O3S. The Morgan fingerprint density at radius 3 is 2.83 bits per heavy atom. The molecule has 0 radical (unpaired) electrons. The van der Waals surface area contributed by atoms with Gasteiger partial charge in [0.05, 0.1) is 19.5 Å². The van der Waals surface area contributed by atoms with Crippen LogP contribution in [0.3, 0.4) is 0 Å². The molecule has 1 N–H and O–H groups in total. The van der Waals surface area contributed by atoms with Gasteiger partial charge in [0.15, 0.2) is 5.82 Å². The second-order valence-electron chi connectivity index (χ2n) is 5.10. The molecule has 1 fully saturated rings. The number of aromatic nitrogens is 3. The number of anilines is 2. The summed E-state index contributed by atoms with van der Waals surface area (Å²) < 4.78 is 30.6. The maximum absolute atomic E-state index is 11.9. The van der Waals surface area contributed by atoms with E-state index in [9.17, 15) is 8.42 Å². The van der Waals surface area contributed by atoms with Crippen molar-refractivity contribution in [2.75, 3.05) is 31.3 Å². The predicted molar refractivity (Wildman–Crippen MR) is 84.7 cm³/mol. The summed E-state index contributed by atoms with van der Waals surface area (Å²) in [5, 5.41) is 3.07. The fraction of sp³-hybridized carbons (Fsp3) is 0.357. The van der Waals surface area contributed by atoms with Crippen LogP contribution < -0.4 is 5.32 Å². The molecule has 1 saturated heterocycles. The molecule has 0 saturated carbocycles. The van der Waals surface area contributed by atoms with Crippen LogP contribution in [0.5, 0.6) is 0 Å². The van der Waals surface area contributed by atoms with Gasteiger partial charge in [-0.3, -0.25) is 0 Å². The van der Waals surface area contributed by atoms with Gasteiger partial charge in [-0.05, 0) is 18.2 Å². The third kappa shape index (κ3) is 3.81. The van der Waals surface area contributed by atoms with Crippen LogP contribution in [0.4, 0.5) is 11.6 Å². The molecule has 9 heteroatoms. The quantitative estimate of drug-likeness (QED) is 0.888. The van der Waals surface area contributed by atoms with Crippen molar-refractivity contribution in [2.24, 2.45) is 0 Å². The standard InChI is InChI=1S/C14H17N5O3S/c1-23(20,21)19-8-9-22-10-11(19)14-16-7-5-13(18-14)17-12-4-2-3-6-15-12/h2-7,11H,8-10H2,1H3,(H,15,16,17,18)/t11-/m1/s1. The smallest absolute Gasteiger partial charge is 0.212 e. The van der Waals surface area contributed by atoms with Crippen molar-refractivity contribution in [3.05, 3.63) is 42.5 Å². The minimum absolute atomic E-state index is 0.236. The summed E-state index contributed by atoms with van der Waals surface area (Å²) >= 11 is 0. The number of nitrogens with zero attached hydrogens (tertiary/aromatic N) is 4. The van der Waals surface area contributed by atoms with E-state index in [0.29, 0.717) is 30.6 Å². The molecule has 0 spiro atoms. The Morgan fingerprint density at radius 1 is 1.22 bits per heavy atom. The zero-order valence-electron chi connectivity index (χ0n) is 12.6. The van der Waals surface area contributed by atoms with E-state index >= 15 is 0 Å². The second-order valence-corrected chi connectivity index (χ2v) is 7.04. The Balaban J connectivity index is 1.86. The van der Waals surface area contributed by atoms with Crippen molar-refractivity contribution in [3.8, 4) is 0 Å². The Labute approximate surface area is 134 Å². The van der Waals surface area contributed by atoms with E-state index in [1.54, 1.807) is 18.5 Å². The number of ether oxygens (including phenoxy) is 1. The maximum Gasteiger partial charge on any atom is 0.212 e. The highest BCUT2D eigenvalue weighted by Gasteiger charge is 2.33. The number of hydrogen-bond donors (Lipinski definition) is 1. The fourth-order valence-corrected chi connectivity index (χ4v) is 3.38. The second kappa shape index (κ2) is 6.57. The molecule has 3 heterocycles. The number of pyridine rings is 1. The number of morpholine rings is 1. The lowest BCUT2D eigenvalue weighted by Gasteiger charge is -2.32. The van der Waals surface area contributed by atoms with E-state index in [0.717, 1.165) is 0 Å². The summed E-state index contributed by atoms with van der Waals surface area (Å²) in [6, 6.07) is 6.67. The number of nitrogens with one attached hydrogen (secondary N) is 1. The van der Waals surface area contributed by atoms with Crippen molar-refractivity contribution in [1.29, 1.82) is 0 Å². The van der Waals surface area contributed by atoms with Crippen molar-refractivity contribution < 1.29 is 13.2 Å². The summed E-state index contributed by atoms with van der Waals surface area (Å²) in [7, 11) is -3.35. The molecule has 2 aromatic rings. The fourth-order valence-electron chi connectivity index (χ4n) is 2.36. The Hall–Kier alpha value is -2.10. The van der Waals surface area contributed by atoms with Crippen LogP contribution in [0.25, 0.3) is 0 Å². The molecular weight excluding hydrogens is 318 g/mol. The maximum atomic E-state index is 11.9. The number of rotatable bonds is 4. The van der Waals surface area contributed by atoms with Crippen LogP contribution in [-0.2, 0) is 14.8 Å². The summed E-state index contributed by atoms with van der Waals surface area (Å²) in [5.41, 5.74) is 0. The Morgan fingerprint density at radius 2 is 2.09 bits per heavy atom. The van der Waals surface area contributed by atoms with Crippen molar-refractivity contribution in [3.63, 3.8) is 0 Å². The molecule has 2 aromatic heterocycles. The minimum atomic E-state index is -3.35. The highest BCUT2D eigenvalue weighted by atomic mass is 32.2. The highest BCUT2D eigenvalue weighted by Crippen LogP contribution is 2.24. The van der Waals surface area contributed by atoms with Crippen molar-refractivity contribution in [1.82, 2.24) is 19.3 Å². The van der Waals surface area contributed by atoms with Gasteiger partial charge in [-0.25, -0.2) is 23.4 Å². The predicted octanol–water partition coefficient (Wildman–Crippen LogP) is 0.948. The molecule has 1 atom stereocenters. The SMILES string of the molecule is CS(=O)(=O)N1CCOC[C@@H]1c1nccc(Nc2ccccn2)n1. The minimum Gasteiger partial charge on any atom is -0.378 e. The lowest BCUT2D eigenvalue weighted by atomic mass is 10.2. The number of hydrogen-bond acceptors (Lipinski definition) is 7. The van der Waals surface area contributed by atoms with Crippen molar-refractivity contribution >= 4 is 21.7 Å². The third-order valence-electron chi connectivity index (χ3n) is 3.40. The molecule has 0 bridgehead atoms. The lowest BCUT2D eigenvalue weighted by Crippen LogP contribution is -2.43. The first-order valence-corrected chi connectivity index (χ1v) is 8.94. The van der Waals surface area contributed by atoms with Crippen LogP contribution in [0.1, 0.15) is 11.9 Å². The van der Waals surface area contributed by atoms with Crippen LogP contribution in [0.2, 0.25) is 0 Å². The molecule has 0 amide bonds. The van der Waals surface area contributed by atoms with Gasteiger partial charge in [0.1, 0.15) is 17.7 Å². The molecule has 0 aromatic carbocycles. The van der Waals surface area contributed by atoms with E-state index in [4.69, 9.17) is 4.74 Å². The van der Waals surface area contributed by atoms with Gasteiger partial charge in [0.2, 0.25) is 10.0 Å². The zero-order chi connectivity index (χ0) is 16.3. The van der Waals surface area contributed by atoms with Crippen LogP contribution in [0, 0.1) is 0 Å². The summed E-state index contributed by atoms with van der Waals surface area (Å²) in [4.78, 5) is 12.8. The van der Waals surface area contributed by atoms with E-state index in [1.165, 1.54) is 10.6 Å². The first kappa shape index (κ1) is 15.8. The first-order chi connectivity index (χ1) is 11.0. The van der Waals surface area contributed by atoms with E-state index < -0.39 is 16.1 Å². The molecule has 0 aliphatic carbocycles. The summed E-state index contributed by atoms with van der Waals surface area (Å²) in [6.45, 7) is 0.903. The largest absolute Gasteiger partial charge is 0.378 e. The topological polar surface area (TPSA) is 97.3 Å². The normalized spacial score (nSPS) is 19.4. The first-order valence-electron chi connectivity index (χ1n) is 7.09. The van der Waals surface area contributed by atoms with Crippen LogP contribution in [-0.4, -0.2) is 53.7 Å². The molecule has 122 valence electrons. The molecule has 3 rings (SSSR count). The van der Waals surface area contributed by atoms with Gasteiger partial charge < -0.3 is 10.1 Å². The lowest BCUT2D eigenvalue weighted by molar-refractivity contribution is 0.0293. The molecule has 1 aliphatic rings. The Kier molecular flexibility index (Phi) is 4.51. The third-order valence-corrected chi connectivity index (χ3v) is 4.69. The van der Waals surface area contributed by atoms with Crippen LogP contribution >= 0.6 is 0 Å². The molecule has 1 aliphatic heterocycles. The van der Waals surface area contributed by atoms with Gasteiger partial charge in [-0.2, -0.15) is 4.31 Å². The van der Waals surface area contributed by atoms with E-state index in [-0.39, 0.29) is 6.61 Å². The van der Waals surface area contributed by atoms with Gasteiger partial charge in [0.25, 0.3) is 0 Å². The van der Waals surface area contributed by atoms with Gasteiger partial charge in [0, 0.05) is 18.9 Å². The van der Waals surface area contributed by atoms with E-state index in [2.05, 4.69) is 20.3 Å². The average molecular weight is 335 g/mol. The van der Waals surface area contributed by atoms with Gasteiger partial charge in [-0.1, -0.05) is 6.07 Å². The molecule has 8 nitrogen and oxygen atoms in total. The zero-order valence-corrected chi connectivity index (χ0v) is 13.4. The molecule has 0 unspecified atom stereocenters. The van der Waals surface area contributed by atoms with Gasteiger partial charge >= 0.3 is 0 Å². The monoisotopic (exact) mass is 335 g/mol.